The van der Waals surface area contributed by atoms with Gasteiger partial charge in [0, 0.05) is 7.11 Å². The number of methoxy groups -OCH3 is 1. The van der Waals surface area contributed by atoms with Gasteiger partial charge in [-0.3, -0.25) is 9.59 Å². The fourth-order valence-corrected chi connectivity index (χ4v) is 0.670. The number of ketones is 1. The molecule has 0 aromatic rings. The smallest absolute Gasteiger partial charge is 0.313 e. The van der Waals surface area contributed by atoms with Gasteiger partial charge >= 0.3 is 5.97 Å². The number of hydrogen-bond acceptors (Lipinski definition) is 4. The predicted molar refractivity (Wildman–Crippen MR) is 47.3 cm³/mol. The molecular weight excluding hydrogens is 172 g/mol. The molecule has 0 aliphatic carbocycles. The summed E-state index contributed by atoms with van der Waals surface area (Å²) in [6, 6.07) is 0. The van der Waals surface area contributed by atoms with Crippen LogP contribution in [0.5, 0.6) is 0 Å². The van der Waals surface area contributed by atoms with Crippen molar-refractivity contribution in [3.8, 4) is 0 Å². The molecule has 0 atom stereocenters. The third-order valence-electron chi connectivity index (χ3n) is 1.79. The average molecular weight is 188 g/mol. The summed E-state index contributed by atoms with van der Waals surface area (Å²) in [5.74, 6) is -0.772. The second-order valence-electron chi connectivity index (χ2n) is 3.12. The summed E-state index contributed by atoms with van der Waals surface area (Å²) in [6.07, 6.45) is -0.228. The van der Waals surface area contributed by atoms with E-state index in [0.717, 1.165) is 0 Å². The van der Waals surface area contributed by atoms with Crippen LogP contribution in [0.1, 0.15) is 27.2 Å². The Labute approximate surface area is 78.2 Å². The van der Waals surface area contributed by atoms with Crippen LogP contribution in [0.2, 0.25) is 0 Å². The van der Waals surface area contributed by atoms with Gasteiger partial charge < -0.3 is 9.47 Å². The van der Waals surface area contributed by atoms with Crippen molar-refractivity contribution in [2.75, 3.05) is 13.7 Å². The molecule has 0 aliphatic heterocycles. The van der Waals surface area contributed by atoms with Crippen molar-refractivity contribution in [1.82, 2.24) is 0 Å². The Kier molecular flexibility index (Phi) is 4.62. The number of Topliss-reactive ketones (excluding diaryl/α,β-unsaturated/α-hetero) is 1. The number of rotatable bonds is 5. The molecule has 0 amide bonds. The third kappa shape index (κ3) is 4.03. The van der Waals surface area contributed by atoms with Crippen LogP contribution < -0.4 is 0 Å². The highest BCUT2D eigenvalue weighted by Gasteiger charge is 2.28. The topological polar surface area (TPSA) is 52.6 Å². The molecule has 0 unspecified atom stereocenters. The fourth-order valence-electron chi connectivity index (χ4n) is 0.670. The fraction of sp³-hybridized carbons (Fsp3) is 0.778. The van der Waals surface area contributed by atoms with Gasteiger partial charge in [0.1, 0.15) is 12.0 Å². The van der Waals surface area contributed by atoms with Crippen LogP contribution >= 0.6 is 0 Å². The summed E-state index contributed by atoms with van der Waals surface area (Å²) in [6.45, 7) is 5.23. The van der Waals surface area contributed by atoms with E-state index in [2.05, 4.69) is 4.74 Å². The molecule has 4 nitrogen and oxygen atoms in total. The molecule has 76 valence electrons. The lowest BCUT2D eigenvalue weighted by atomic mass is 10.0. The minimum atomic E-state index is -0.910. The highest BCUT2D eigenvalue weighted by molar-refractivity contribution is 5.99. The summed E-state index contributed by atoms with van der Waals surface area (Å²) in [5, 5.41) is 0. The van der Waals surface area contributed by atoms with Crippen LogP contribution in [-0.2, 0) is 19.1 Å². The van der Waals surface area contributed by atoms with Crippen molar-refractivity contribution >= 4 is 11.8 Å². The highest BCUT2D eigenvalue weighted by Crippen LogP contribution is 2.11. The van der Waals surface area contributed by atoms with Gasteiger partial charge in [-0.25, -0.2) is 0 Å². The Bertz CT molecular complexity index is 196. The van der Waals surface area contributed by atoms with Gasteiger partial charge in [-0.15, -0.1) is 0 Å². The number of carbonyl (C=O) groups excluding carboxylic acids is 2. The standard InChI is InChI=1S/C9H16O4/c1-5-13-8(11)6-7(10)9(2,3)12-4/h5-6H2,1-4H3. The molecule has 13 heavy (non-hydrogen) atoms. The lowest BCUT2D eigenvalue weighted by Gasteiger charge is -2.20. The molecule has 0 fully saturated rings. The minimum absolute atomic E-state index is 0.228. The Morgan fingerprint density at radius 1 is 1.31 bits per heavy atom. The van der Waals surface area contributed by atoms with E-state index in [0.29, 0.717) is 6.61 Å². The van der Waals surface area contributed by atoms with Crippen molar-refractivity contribution in [3.05, 3.63) is 0 Å². The molecule has 0 radical (unpaired) electrons. The molecule has 0 saturated carbocycles. The van der Waals surface area contributed by atoms with Crippen LogP contribution in [0, 0.1) is 0 Å². The molecule has 0 aromatic heterocycles. The lowest BCUT2D eigenvalue weighted by Crippen LogP contribution is -2.35. The summed E-state index contributed by atoms with van der Waals surface area (Å²) >= 11 is 0. The van der Waals surface area contributed by atoms with Gasteiger partial charge in [0.05, 0.1) is 6.61 Å². The van der Waals surface area contributed by atoms with Gasteiger partial charge in [0.2, 0.25) is 0 Å². The molecule has 0 heterocycles. The van der Waals surface area contributed by atoms with Crippen molar-refractivity contribution in [2.24, 2.45) is 0 Å². The van der Waals surface area contributed by atoms with E-state index in [1.807, 2.05) is 0 Å². The SMILES string of the molecule is CCOC(=O)CC(=O)C(C)(C)OC. The average Bonchev–Trinajstić information content (AvgIpc) is 2.04. The molecule has 0 rings (SSSR count). The van der Waals surface area contributed by atoms with E-state index >= 15 is 0 Å². The zero-order valence-electron chi connectivity index (χ0n) is 8.55. The first-order chi connectivity index (χ1) is 5.94. The second kappa shape index (κ2) is 4.97. The maximum Gasteiger partial charge on any atom is 0.313 e. The van der Waals surface area contributed by atoms with Crippen molar-refractivity contribution in [2.45, 2.75) is 32.8 Å². The maximum absolute atomic E-state index is 11.4. The van der Waals surface area contributed by atoms with Crippen LogP contribution in [0.3, 0.4) is 0 Å². The van der Waals surface area contributed by atoms with Crippen molar-refractivity contribution in [3.63, 3.8) is 0 Å². The van der Waals surface area contributed by atoms with E-state index in [-0.39, 0.29) is 12.2 Å². The molecular formula is C9H16O4. The maximum atomic E-state index is 11.4. The zero-order valence-corrected chi connectivity index (χ0v) is 8.55. The molecule has 0 N–H and O–H groups in total. The largest absolute Gasteiger partial charge is 0.466 e. The number of esters is 1. The third-order valence-corrected chi connectivity index (χ3v) is 1.79. The second-order valence-corrected chi connectivity index (χ2v) is 3.12. The van der Waals surface area contributed by atoms with Gasteiger partial charge in [0.15, 0.2) is 5.78 Å². The molecule has 0 bridgehead atoms. The first kappa shape index (κ1) is 12.1. The predicted octanol–water partition coefficient (Wildman–Crippen LogP) is 0.934. The lowest BCUT2D eigenvalue weighted by molar-refractivity contribution is -0.150. The molecule has 0 aliphatic rings. The van der Waals surface area contributed by atoms with Gasteiger partial charge in [-0.1, -0.05) is 0 Å². The first-order valence-electron chi connectivity index (χ1n) is 4.18. The number of carbonyl (C=O) groups is 2. The minimum Gasteiger partial charge on any atom is -0.466 e. The van der Waals surface area contributed by atoms with Gasteiger partial charge in [-0.2, -0.15) is 0 Å². The molecule has 0 spiro atoms. The van der Waals surface area contributed by atoms with E-state index in [1.165, 1.54) is 7.11 Å². The first-order valence-corrected chi connectivity index (χ1v) is 4.18. The van der Waals surface area contributed by atoms with E-state index in [4.69, 9.17) is 4.74 Å². The quantitative estimate of drug-likeness (QED) is 0.476. The van der Waals surface area contributed by atoms with Crippen LogP contribution in [-0.4, -0.2) is 31.1 Å². The van der Waals surface area contributed by atoms with Crippen molar-refractivity contribution in [1.29, 1.82) is 0 Å². The summed E-state index contributed by atoms with van der Waals surface area (Å²) in [7, 11) is 1.43. The van der Waals surface area contributed by atoms with E-state index in [1.54, 1.807) is 20.8 Å². The number of ether oxygens (including phenoxy) is 2. The Balaban J connectivity index is 4.07. The highest BCUT2D eigenvalue weighted by atomic mass is 16.5. The Morgan fingerprint density at radius 2 is 1.85 bits per heavy atom. The monoisotopic (exact) mass is 188 g/mol. The van der Waals surface area contributed by atoms with E-state index < -0.39 is 11.6 Å². The molecule has 0 aromatic carbocycles. The summed E-state index contributed by atoms with van der Waals surface area (Å²) < 4.78 is 9.56. The Hall–Kier alpha value is -0.900. The molecule has 4 heteroatoms. The Morgan fingerprint density at radius 3 is 2.23 bits per heavy atom. The van der Waals surface area contributed by atoms with Gasteiger partial charge in [0.25, 0.3) is 0 Å². The number of hydrogen-bond donors (Lipinski definition) is 0. The van der Waals surface area contributed by atoms with Crippen molar-refractivity contribution < 1.29 is 19.1 Å². The summed E-state index contributed by atoms with van der Waals surface area (Å²) in [5.41, 5.74) is -0.910. The van der Waals surface area contributed by atoms with Crippen LogP contribution in [0.4, 0.5) is 0 Å². The zero-order chi connectivity index (χ0) is 10.5. The summed E-state index contributed by atoms with van der Waals surface area (Å²) in [4.78, 5) is 22.3. The van der Waals surface area contributed by atoms with E-state index in [9.17, 15) is 9.59 Å². The van der Waals surface area contributed by atoms with Crippen LogP contribution in [0.25, 0.3) is 0 Å². The van der Waals surface area contributed by atoms with Crippen LogP contribution in [0.15, 0.2) is 0 Å². The molecule has 0 saturated heterocycles. The van der Waals surface area contributed by atoms with Gasteiger partial charge in [-0.05, 0) is 20.8 Å². The normalized spacial score (nSPS) is 11.1.